The van der Waals surface area contributed by atoms with Gasteiger partial charge in [0.05, 0.1) is 0 Å². The molecule has 2 fully saturated rings. The molecular formula is C10H19N. The second kappa shape index (κ2) is 3.57. The van der Waals surface area contributed by atoms with Crippen molar-refractivity contribution in [1.82, 2.24) is 4.90 Å². The van der Waals surface area contributed by atoms with Gasteiger partial charge in [-0.3, -0.25) is 0 Å². The van der Waals surface area contributed by atoms with Crippen molar-refractivity contribution in [2.75, 3.05) is 19.6 Å². The molecule has 0 amide bonds. The molecule has 2 rings (SSSR count). The van der Waals surface area contributed by atoms with E-state index in [1.807, 2.05) is 0 Å². The smallest absolute Gasteiger partial charge is 0.000966 e. The summed E-state index contributed by atoms with van der Waals surface area (Å²) in [5.74, 6) is 1.06. The normalized spacial score (nSPS) is 28.4. The van der Waals surface area contributed by atoms with E-state index in [1.165, 1.54) is 58.2 Å². The van der Waals surface area contributed by atoms with Gasteiger partial charge in [-0.25, -0.2) is 0 Å². The first-order valence-electron chi connectivity index (χ1n) is 5.17. The lowest BCUT2D eigenvalue weighted by molar-refractivity contribution is 0.280. The first kappa shape index (κ1) is 7.60. The molecule has 0 bridgehead atoms. The van der Waals surface area contributed by atoms with Crippen LogP contribution < -0.4 is 0 Å². The first-order valence-corrected chi connectivity index (χ1v) is 5.17. The van der Waals surface area contributed by atoms with Crippen molar-refractivity contribution in [1.29, 1.82) is 0 Å². The molecule has 1 saturated carbocycles. The molecule has 0 radical (unpaired) electrons. The maximum atomic E-state index is 2.66. The van der Waals surface area contributed by atoms with Crippen LogP contribution >= 0.6 is 0 Å². The Balaban J connectivity index is 1.71. The highest BCUT2D eigenvalue weighted by Gasteiger charge is 2.19. The van der Waals surface area contributed by atoms with Crippen LogP contribution in [0.15, 0.2) is 0 Å². The average molecular weight is 153 g/mol. The Morgan fingerprint density at radius 3 is 2.18 bits per heavy atom. The molecule has 1 saturated heterocycles. The molecule has 1 aliphatic carbocycles. The van der Waals surface area contributed by atoms with E-state index in [-0.39, 0.29) is 0 Å². The van der Waals surface area contributed by atoms with Gasteiger partial charge in [0, 0.05) is 6.54 Å². The van der Waals surface area contributed by atoms with E-state index in [1.54, 1.807) is 0 Å². The van der Waals surface area contributed by atoms with Gasteiger partial charge in [0.15, 0.2) is 0 Å². The molecule has 1 heterocycles. The van der Waals surface area contributed by atoms with Crippen LogP contribution in [0.1, 0.15) is 38.5 Å². The minimum absolute atomic E-state index is 1.06. The van der Waals surface area contributed by atoms with Gasteiger partial charge in [-0.05, 0) is 44.7 Å². The Labute approximate surface area is 69.8 Å². The fourth-order valence-electron chi connectivity index (χ4n) is 2.52. The summed E-state index contributed by atoms with van der Waals surface area (Å²) in [6.07, 6.45) is 8.92. The van der Waals surface area contributed by atoms with E-state index in [0.717, 1.165) is 5.92 Å². The third kappa shape index (κ3) is 1.96. The van der Waals surface area contributed by atoms with Crippen LogP contribution in [0.5, 0.6) is 0 Å². The van der Waals surface area contributed by atoms with Crippen molar-refractivity contribution < 1.29 is 0 Å². The van der Waals surface area contributed by atoms with Crippen molar-refractivity contribution in [3.8, 4) is 0 Å². The molecule has 1 heteroatoms. The van der Waals surface area contributed by atoms with Crippen LogP contribution in [0.2, 0.25) is 0 Å². The molecular weight excluding hydrogens is 134 g/mol. The Bertz CT molecular complexity index is 96.0. The highest BCUT2D eigenvalue weighted by atomic mass is 15.1. The molecule has 1 aliphatic heterocycles. The molecule has 64 valence electrons. The van der Waals surface area contributed by atoms with Crippen LogP contribution in [0, 0.1) is 5.92 Å². The molecule has 2 aliphatic rings. The third-order valence-electron chi connectivity index (χ3n) is 3.19. The minimum Gasteiger partial charge on any atom is -0.303 e. The van der Waals surface area contributed by atoms with Crippen LogP contribution in [0.25, 0.3) is 0 Å². The second-order valence-corrected chi connectivity index (χ2v) is 4.16. The fourth-order valence-corrected chi connectivity index (χ4v) is 2.52. The maximum Gasteiger partial charge on any atom is 0.000966 e. The lowest BCUT2D eigenvalue weighted by atomic mass is 10.1. The van der Waals surface area contributed by atoms with E-state index >= 15 is 0 Å². The number of hydrogen-bond donors (Lipinski definition) is 0. The molecule has 0 aromatic rings. The molecule has 1 nitrogen and oxygen atoms in total. The van der Waals surface area contributed by atoms with Crippen LogP contribution in [0.3, 0.4) is 0 Å². The average Bonchev–Trinajstić information content (AvgIpc) is 2.60. The molecule has 0 aromatic carbocycles. The van der Waals surface area contributed by atoms with Gasteiger partial charge in [-0.2, -0.15) is 0 Å². The maximum absolute atomic E-state index is 2.66. The Morgan fingerprint density at radius 1 is 0.909 bits per heavy atom. The predicted molar refractivity (Wildman–Crippen MR) is 47.6 cm³/mol. The molecule has 0 atom stereocenters. The monoisotopic (exact) mass is 153 g/mol. The molecule has 0 spiro atoms. The Kier molecular flexibility index (Phi) is 2.47. The van der Waals surface area contributed by atoms with Crippen molar-refractivity contribution in [3.63, 3.8) is 0 Å². The van der Waals surface area contributed by atoms with Crippen LogP contribution in [0.4, 0.5) is 0 Å². The van der Waals surface area contributed by atoms with Gasteiger partial charge in [0.1, 0.15) is 0 Å². The summed E-state index contributed by atoms with van der Waals surface area (Å²) in [6.45, 7) is 4.19. The fraction of sp³-hybridized carbons (Fsp3) is 1.00. The quantitative estimate of drug-likeness (QED) is 0.588. The Hall–Kier alpha value is -0.0400. The summed E-state index contributed by atoms with van der Waals surface area (Å²) in [5, 5.41) is 0. The lowest BCUT2D eigenvalue weighted by Crippen LogP contribution is -2.25. The largest absolute Gasteiger partial charge is 0.303 e. The molecule has 11 heavy (non-hydrogen) atoms. The first-order chi connectivity index (χ1) is 5.45. The van der Waals surface area contributed by atoms with E-state index in [0.29, 0.717) is 0 Å². The SMILES string of the molecule is C1CCC(CN2CCCC2)C1. The van der Waals surface area contributed by atoms with E-state index in [9.17, 15) is 0 Å². The number of likely N-dealkylation sites (tertiary alicyclic amines) is 1. The van der Waals surface area contributed by atoms with E-state index in [4.69, 9.17) is 0 Å². The van der Waals surface area contributed by atoms with Gasteiger partial charge >= 0.3 is 0 Å². The van der Waals surface area contributed by atoms with Gasteiger partial charge in [0.2, 0.25) is 0 Å². The molecule has 0 aromatic heterocycles. The van der Waals surface area contributed by atoms with Gasteiger partial charge in [-0.15, -0.1) is 0 Å². The Morgan fingerprint density at radius 2 is 1.55 bits per heavy atom. The van der Waals surface area contributed by atoms with E-state index < -0.39 is 0 Å². The number of nitrogens with zero attached hydrogens (tertiary/aromatic N) is 1. The second-order valence-electron chi connectivity index (χ2n) is 4.16. The van der Waals surface area contributed by atoms with Crippen molar-refractivity contribution in [2.45, 2.75) is 38.5 Å². The van der Waals surface area contributed by atoms with Crippen LogP contribution in [-0.2, 0) is 0 Å². The van der Waals surface area contributed by atoms with Crippen molar-refractivity contribution in [3.05, 3.63) is 0 Å². The standard InChI is InChI=1S/C10H19N/c1-2-6-10(5-1)9-11-7-3-4-8-11/h10H,1-9H2. The molecule has 0 unspecified atom stereocenters. The minimum atomic E-state index is 1.06. The zero-order chi connectivity index (χ0) is 7.52. The molecule has 0 N–H and O–H groups in total. The zero-order valence-electron chi connectivity index (χ0n) is 7.39. The predicted octanol–water partition coefficient (Wildman–Crippen LogP) is 2.27. The summed E-state index contributed by atoms with van der Waals surface area (Å²) in [5.41, 5.74) is 0. The summed E-state index contributed by atoms with van der Waals surface area (Å²) in [6, 6.07) is 0. The summed E-state index contributed by atoms with van der Waals surface area (Å²) in [7, 11) is 0. The third-order valence-corrected chi connectivity index (χ3v) is 3.19. The van der Waals surface area contributed by atoms with Gasteiger partial charge in [-0.1, -0.05) is 12.8 Å². The lowest BCUT2D eigenvalue weighted by Gasteiger charge is -2.18. The zero-order valence-corrected chi connectivity index (χ0v) is 7.39. The number of rotatable bonds is 2. The summed E-state index contributed by atoms with van der Waals surface area (Å²) < 4.78 is 0. The highest BCUT2D eigenvalue weighted by Crippen LogP contribution is 2.26. The number of hydrogen-bond acceptors (Lipinski definition) is 1. The summed E-state index contributed by atoms with van der Waals surface area (Å²) in [4.78, 5) is 2.66. The van der Waals surface area contributed by atoms with Gasteiger partial charge < -0.3 is 4.90 Å². The van der Waals surface area contributed by atoms with Crippen molar-refractivity contribution in [2.24, 2.45) is 5.92 Å². The summed E-state index contributed by atoms with van der Waals surface area (Å²) >= 11 is 0. The van der Waals surface area contributed by atoms with E-state index in [2.05, 4.69) is 4.90 Å². The van der Waals surface area contributed by atoms with Gasteiger partial charge in [0.25, 0.3) is 0 Å². The topological polar surface area (TPSA) is 3.24 Å². The van der Waals surface area contributed by atoms with Crippen molar-refractivity contribution >= 4 is 0 Å². The highest BCUT2D eigenvalue weighted by molar-refractivity contribution is 4.74. The van der Waals surface area contributed by atoms with Crippen LogP contribution in [-0.4, -0.2) is 24.5 Å².